The topological polar surface area (TPSA) is 67.8 Å². The lowest BCUT2D eigenvalue weighted by molar-refractivity contribution is -0.141. The van der Waals surface area contributed by atoms with Crippen molar-refractivity contribution in [1.29, 1.82) is 0 Å². The van der Waals surface area contributed by atoms with Crippen LogP contribution < -0.4 is 14.4 Å². The Kier molecular flexibility index (Phi) is 6.67. The highest BCUT2D eigenvalue weighted by Crippen LogP contribution is 2.30. The van der Waals surface area contributed by atoms with Crippen molar-refractivity contribution in [2.24, 2.45) is 0 Å². The molecule has 0 unspecified atom stereocenters. The van der Waals surface area contributed by atoms with Crippen molar-refractivity contribution < 1.29 is 27.4 Å². The average molecular weight is 436 g/mol. The van der Waals surface area contributed by atoms with E-state index in [1.165, 1.54) is 20.1 Å². The number of benzene rings is 1. The van der Waals surface area contributed by atoms with Crippen LogP contribution >= 0.6 is 0 Å². The number of piperazine rings is 1. The van der Waals surface area contributed by atoms with Crippen LogP contribution in [0.3, 0.4) is 0 Å². The van der Waals surface area contributed by atoms with Crippen molar-refractivity contribution in [2.45, 2.75) is 13.1 Å². The van der Waals surface area contributed by atoms with Crippen LogP contribution in [0.1, 0.15) is 17.1 Å². The van der Waals surface area contributed by atoms with Crippen LogP contribution in [0.15, 0.2) is 30.3 Å². The Balaban J connectivity index is 1.63. The fraction of sp³-hybridized carbons (Fsp3) is 0.381. The zero-order valence-electron chi connectivity index (χ0n) is 17.4. The molecule has 1 aromatic carbocycles. The van der Waals surface area contributed by atoms with E-state index < -0.39 is 11.9 Å². The molecule has 3 rings (SSSR count). The molecule has 0 atom stereocenters. The van der Waals surface area contributed by atoms with Gasteiger partial charge in [-0.15, -0.1) is 0 Å². The van der Waals surface area contributed by atoms with Gasteiger partial charge in [0.15, 0.2) is 11.5 Å². The predicted molar refractivity (Wildman–Crippen MR) is 109 cm³/mol. The van der Waals surface area contributed by atoms with Crippen LogP contribution in [0.4, 0.5) is 19.0 Å². The Labute approximate surface area is 178 Å². The second kappa shape index (κ2) is 9.23. The van der Waals surface area contributed by atoms with Gasteiger partial charge in [-0.25, -0.2) is 9.97 Å². The summed E-state index contributed by atoms with van der Waals surface area (Å²) in [7, 11) is 3.08. The molecular weight excluding hydrogens is 413 g/mol. The number of nitrogens with zero attached hydrogens (tertiary/aromatic N) is 4. The molecular formula is C21H23F3N4O3. The number of carbonyl (C=O) groups excluding carboxylic acids is 1. The second-order valence-corrected chi connectivity index (χ2v) is 6.92. The molecule has 7 nitrogen and oxygen atoms in total. The minimum Gasteiger partial charge on any atom is -0.493 e. The SMILES string of the molecule is COc1ccc(C=CC(=O)N2CCN(c3cc(C(F)(F)F)nc(C)n3)CC2)cc1OC. The zero-order chi connectivity index (χ0) is 22.6. The van der Waals surface area contributed by atoms with Gasteiger partial charge >= 0.3 is 6.18 Å². The number of alkyl halides is 3. The first-order chi connectivity index (χ1) is 14.7. The van der Waals surface area contributed by atoms with Gasteiger partial charge in [0, 0.05) is 38.3 Å². The number of rotatable bonds is 5. The van der Waals surface area contributed by atoms with Gasteiger partial charge in [0.05, 0.1) is 14.2 Å². The number of carbonyl (C=O) groups is 1. The van der Waals surface area contributed by atoms with E-state index in [1.54, 1.807) is 41.2 Å². The van der Waals surface area contributed by atoms with Crippen molar-refractivity contribution in [3.05, 3.63) is 47.4 Å². The van der Waals surface area contributed by atoms with E-state index in [0.29, 0.717) is 37.7 Å². The summed E-state index contributed by atoms with van der Waals surface area (Å²) in [5.74, 6) is 1.25. The normalized spacial score (nSPS) is 14.8. The second-order valence-electron chi connectivity index (χ2n) is 6.92. The molecule has 2 aromatic rings. The van der Waals surface area contributed by atoms with Gasteiger partial charge in [-0.1, -0.05) is 6.07 Å². The number of ether oxygens (including phenoxy) is 2. The van der Waals surface area contributed by atoms with Gasteiger partial charge in [0.2, 0.25) is 5.91 Å². The highest BCUT2D eigenvalue weighted by atomic mass is 19.4. The molecule has 1 saturated heterocycles. The Morgan fingerprint density at radius 1 is 1.03 bits per heavy atom. The maximum absolute atomic E-state index is 13.0. The van der Waals surface area contributed by atoms with E-state index in [4.69, 9.17) is 9.47 Å². The number of aryl methyl sites for hydroxylation is 1. The summed E-state index contributed by atoms with van der Waals surface area (Å²) in [5.41, 5.74) is -0.188. The minimum absolute atomic E-state index is 0.0567. The third-order valence-corrected chi connectivity index (χ3v) is 4.86. The number of amides is 1. The fourth-order valence-electron chi connectivity index (χ4n) is 3.24. The van der Waals surface area contributed by atoms with Crippen molar-refractivity contribution >= 4 is 17.8 Å². The van der Waals surface area contributed by atoms with Crippen LogP contribution in [0.2, 0.25) is 0 Å². The van der Waals surface area contributed by atoms with Crippen LogP contribution in [0.5, 0.6) is 11.5 Å². The molecule has 10 heteroatoms. The molecule has 1 aliphatic rings. The molecule has 1 aliphatic heterocycles. The first-order valence-electron chi connectivity index (χ1n) is 9.58. The lowest BCUT2D eigenvalue weighted by Crippen LogP contribution is -2.48. The summed E-state index contributed by atoms with van der Waals surface area (Å²) in [5, 5.41) is 0. The fourth-order valence-corrected chi connectivity index (χ4v) is 3.24. The van der Waals surface area contributed by atoms with Crippen molar-refractivity contribution in [3.8, 4) is 11.5 Å². The molecule has 0 aliphatic carbocycles. The molecule has 166 valence electrons. The molecule has 0 N–H and O–H groups in total. The first-order valence-corrected chi connectivity index (χ1v) is 9.58. The van der Waals surface area contributed by atoms with Gasteiger partial charge in [0.1, 0.15) is 17.3 Å². The lowest BCUT2D eigenvalue weighted by atomic mass is 10.2. The van der Waals surface area contributed by atoms with Crippen LogP contribution in [-0.2, 0) is 11.0 Å². The van der Waals surface area contributed by atoms with E-state index in [0.717, 1.165) is 11.6 Å². The summed E-state index contributed by atoms with van der Waals surface area (Å²) >= 11 is 0. The Morgan fingerprint density at radius 2 is 1.71 bits per heavy atom. The molecule has 1 aromatic heterocycles. The first kappa shape index (κ1) is 22.4. The number of hydrogen-bond donors (Lipinski definition) is 0. The molecule has 0 spiro atoms. The van der Waals surface area contributed by atoms with Gasteiger partial charge in [-0.05, 0) is 30.7 Å². The summed E-state index contributed by atoms with van der Waals surface area (Å²) in [6, 6.07) is 6.26. The van der Waals surface area contributed by atoms with Crippen LogP contribution in [0.25, 0.3) is 6.08 Å². The summed E-state index contributed by atoms with van der Waals surface area (Å²) < 4.78 is 49.5. The highest BCUT2D eigenvalue weighted by molar-refractivity contribution is 5.92. The molecule has 31 heavy (non-hydrogen) atoms. The van der Waals surface area contributed by atoms with Gasteiger partial charge < -0.3 is 19.3 Å². The number of hydrogen-bond acceptors (Lipinski definition) is 6. The van der Waals surface area contributed by atoms with Crippen molar-refractivity contribution in [3.63, 3.8) is 0 Å². The molecule has 0 bridgehead atoms. The maximum atomic E-state index is 13.0. The maximum Gasteiger partial charge on any atom is 0.433 e. The standard InChI is InChI=1S/C21H23F3N4O3/c1-14-25-18(21(22,23)24)13-19(26-14)27-8-10-28(11-9-27)20(29)7-5-15-4-6-16(30-2)17(12-15)31-3/h4-7,12-13H,8-11H2,1-3H3. The van der Waals surface area contributed by atoms with E-state index in [9.17, 15) is 18.0 Å². The Morgan fingerprint density at radius 3 is 2.32 bits per heavy atom. The van der Waals surface area contributed by atoms with Gasteiger partial charge in [-0.2, -0.15) is 13.2 Å². The van der Waals surface area contributed by atoms with Gasteiger partial charge in [0.25, 0.3) is 0 Å². The minimum atomic E-state index is -4.53. The Bertz CT molecular complexity index is 971. The third kappa shape index (κ3) is 5.44. The van der Waals surface area contributed by atoms with Crippen LogP contribution in [-0.4, -0.2) is 61.2 Å². The van der Waals surface area contributed by atoms with Crippen molar-refractivity contribution in [1.82, 2.24) is 14.9 Å². The van der Waals surface area contributed by atoms with E-state index >= 15 is 0 Å². The third-order valence-electron chi connectivity index (χ3n) is 4.86. The monoisotopic (exact) mass is 436 g/mol. The molecule has 1 amide bonds. The largest absolute Gasteiger partial charge is 0.493 e. The van der Waals surface area contributed by atoms with Gasteiger partial charge in [-0.3, -0.25) is 4.79 Å². The number of anilines is 1. The number of aromatic nitrogens is 2. The number of halogens is 3. The quantitative estimate of drug-likeness (QED) is 0.671. The lowest BCUT2D eigenvalue weighted by Gasteiger charge is -2.35. The zero-order valence-corrected chi connectivity index (χ0v) is 17.4. The molecule has 0 saturated carbocycles. The van der Waals surface area contributed by atoms with E-state index in [1.807, 2.05) is 0 Å². The number of methoxy groups -OCH3 is 2. The molecule has 2 heterocycles. The molecule has 1 fully saturated rings. The summed E-state index contributed by atoms with van der Waals surface area (Å²) in [4.78, 5) is 23.5. The van der Waals surface area contributed by atoms with E-state index in [2.05, 4.69) is 9.97 Å². The van der Waals surface area contributed by atoms with Crippen LogP contribution in [0, 0.1) is 6.92 Å². The average Bonchev–Trinajstić information content (AvgIpc) is 2.76. The smallest absolute Gasteiger partial charge is 0.433 e. The van der Waals surface area contributed by atoms with Crippen molar-refractivity contribution in [2.75, 3.05) is 45.3 Å². The molecule has 0 radical (unpaired) electrons. The highest BCUT2D eigenvalue weighted by Gasteiger charge is 2.34. The van der Waals surface area contributed by atoms with E-state index in [-0.39, 0.29) is 17.5 Å². The summed E-state index contributed by atoms with van der Waals surface area (Å²) in [6.07, 6.45) is -1.39. The Hall–Kier alpha value is -3.30. The predicted octanol–water partition coefficient (Wildman–Crippen LogP) is 3.18. The summed E-state index contributed by atoms with van der Waals surface area (Å²) in [6.45, 7) is 2.93.